The van der Waals surface area contributed by atoms with Crippen LogP contribution in [-0.4, -0.2) is 48.8 Å². The van der Waals surface area contributed by atoms with Crippen LogP contribution in [0.5, 0.6) is 0 Å². The molecule has 39 heavy (non-hydrogen) atoms. The third kappa shape index (κ3) is 6.65. The Bertz CT molecular complexity index is 1310. The second kappa shape index (κ2) is 12.4. The summed E-state index contributed by atoms with van der Waals surface area (Å²) >= 11 is 1.35. The highest BCUT2D eigenvalue weighted by atomic mass is 32.1. The van der Waals surface area contributed by atoms with E-state index < -0.39 is 0 Å². The molecule has 3 aromatic rings. The summed E-state index contributed by atoms with van der Waals surface area (Å²) in [6.07, 6.45) is 5.03. The third-order valence-corrected chi connectivity index (χ3v) is 8.33. The van der Waals surface area contributed by atoms with Crippen LogP contribution in [0.25, 0.3) is 0 Å². The molecular formula is C30H33FN4O3S. The van der Waals surface area contributed by atoms with E-state index in [4.69, 9.17) is 0 Å². The fraction of sp³-hybridized carbons (Fsp3) is 0.367. The van der Waals surface area contributed by atoms with Crippen LogP contribution in [0.1, 0.15) is 57.7 Å². The average molecular weight is 549 g/mol. The van der Waals surface area contributed by atoms with Gasteiger partial charge >= 0.3 is 0 Å². The zero-order valence-electron chi connectivity index (χ0n) is 21.8. The standard InChI is InChI=1S/C30H33FN4O3S/c31-23-10-8-21(9-11-23)20-32-28(36)25-19-24(33-29(37)27-7-3-18-39-27)12-13-26(25)34-14-4-15-35(17-16-34)30(38)22-5-1-2-6-22/h3,7-13,18-19,22H,1-2,4-6,14-17,20H2,(H,32,36)(H,33,37). The molecule has 0 spiro atoms. The van der Waals surface area contributed by atoms with Crippen molar-refractivity contribution in [3.05, 3.63) is 81.8 Å². The SMILES string of the molecule is O=C(Nc1ccc(N2CCCN(C(=O)C3CCCC3)CC2)c(C(=O)NCc2ccc(F)cc2)c1)c1cccs1. The zero-order chi connectivity index (χ0) is 27.2. The van der Waals surface area contributed by atoms with Crippen molar-refractivity contribution in [3.63, 3.8) is 0 Å². The van der Waals surface area contributed by atoms with Crippen molar-refractivity contribution in [2.75, 3.05) is 36.4 Å². The molecule has 1 aliphatic carbocycles. The number of thiophene rings is 1. The number of carbonyl (C=O) groups is 3. The number of benzene rings is 2. The Morgan fingerprint density at radius 2 is 1.69 bits per heavy atom. The normalized spacial score (nSPS) is 16.1. The number of hydrogen-bond donors (Lipinski definition) is 2. The van der Waals surface area contributed by atoms with E-state index in [0.717, 1.165) is 43.4 Å². The number of carbonyl (C=O) groups excluding carboxylic acids is 3. The number of anilines is 2. The number of nitrogens with one attached hydrogen (secondary N) is 2. The van der Waals surface area contributed by atoms with E-state index >= 15 is 0 Å². The van der Waals surface area contributed by atoms with Gasteiger partial charge in [-0.25, -0.2) is 4.39 Å². The Kier molecular flexibility index (Phi) is 8.56. The molecule has 1 saturated carbocycles. The lowest BCUT2D eigenvalue weighted by Crippen LogP contribution is -2.38. The Balaban J connectivity index is 1.34. The van der Waals surface area contributed by atoms with Gasteiger partial charge in [0, 0.05) is 50.0 Å². The highest BCUT2D eigenvalue weighted by molar-refractivity contribution is 7.12. The van der Waals surface area contributed by atoms with Gasteiger partial charge in [-0.15, -0.1) is 11.3 Å². The van der Waals surface area contributed by atoms with Crippen molar-refractivity contribution in [2.45, 2.75) is 38.6 Å². The van der Waals surface area contributed by atoms with Crippen molar-refractivity contribution in [1.82, 2.24) is 10.2 Å². The first-order valence-electron chi connectivity index (χ1n) is 13.5. The van der Waals surface area contributed by atoms with Crippen LogP contribution in [0.2, 0.25) is 0 Å². The van der Waals surface area contributed by atoms with Gasteiger partial charge in [-0.05, 0) is 66.6 Å². The van der Waals surface area contributed by atoms with E-state index in [9.17, 15) is 18.8 Å². The summed E-state index contributed by atoms with van der Waals surface area (Å²) in [4.78, 5) is 43.9. The van der Waals surface area contributed by atoms with Crippen LogP contribution in [0.15, 0.2) is 60.0 Å². The van der Waals surface area contributed by atoms with E-state index in [1.807, 2.05) is 28.5 Å². The summed E-state index contributed by atoms with van der Waals surface area (Å²) in [5.74, 6) is -0.437. The molecule has 0 radical (unpaired) electrons. The largest absolute Gasteiger partial charge is 0.369 e. The monoisotopic (exact) mass is 548 g/mol. The molecular weight excluding hydrogens is 515 g/mol. The van der Waals surface area contributed by atoms with Gasteiger partial charge in [-0.3, -0.25) is 14.4 Å². The predicted molar refractivity (Wildman–Crippen MR) is 152 cm³/mol. The second-order valence-corrected chi connectivity index (χ2v) is 11.1. The van der Waals surface area contributed by atoms with Crippen LogP contribution in [0, 0.1) is 11.7 Å². The fourth-order valence-corrected chi connectivity index (χ4v) is 5.98. The summed E-state index contributed by atoms with van der Waals surface area (Å²) < 4.78 is 13.3. The molecule has 3 amide bonds. The number of hydrogen-bond acceptors (Lipinski definition) is 5. The highest BCUT2D eigenvalue weighted by Gasteiger charge is 2.29. The van der Waals surface area contributed by atoms with E-state index in [1.54, 1.807) is 24.3 Å². The smallest absolute Gasteiger partial charge is 0.265 e. The predicted octanol–water partition coefficient (Wildman–Crippen LogP) is 5.30. The molecule has 2 aliphatic rings. The summed E-state index contributed by atoms with van der Waals surface area (Å²) in [6.45, 7) is 2.91. The van der Waals surface area contributed by atoms with Crippen LogP contribution in [-0.2, 0) is 11.3 Å². The number of rotatable bonds is 7. The van der Waals surface area contributed by atoms with Gasteiger partial charge in [0.15, 0.2) is 0 Å². The Morgan fingerprint density at radius 3 is 2.44 bits per heavy atom. The van der Waals surface area contributed by atoms with Gasteiger partial charge in [0.05, 0.1) is 10.4 Å². The highest BCUT2D eigenvalue weighted by Crippen LogP contribution is 2.29. The summed E-state index contributed by atoms with van der Waals surface area (Å²) in [5, 5.41) is 7.67. The zero-order valence-corrected chi connectivity index (χ0v) is 22.6. The number of nitrogens with zero attached hydrogens (tertiary/aromatic N) is 2. The molecule has 1 aromatic heterocycles. The Morgan fingerprint density at radius 1 is 0.897 bits per heavy atom. The van der Waals surface area contributed by atoms with Gasteiger partial charge in [-0.1, -0.05) is 31.0 Å². The molecule has 0 atom stereocenters. The van der Waals surface area contributed by atoms with E-state index in [0.29, 0.717) is 42.3 Å². The second-order valence-electron chi connectivity index (χ2n) is 10.1. The van der Waals surface area contributed by atoms with Gasteiger partial charge < -0.3 is 20.4 Å². The maximum Gasteiger partial charge on any atom is 0.265 e. The molecule has 0 unspecified atom stereocenters. The maximum absolute atomic E-state index is 13.5. The third-order valence-electron chi connectivity index (χ3n) is 7.46. The lowest BCUT2D eigenvalue weighted by molar-refractivity contribution is -0.135. The number of amides is 3. The van der Waals surface area contributed by atoms with Gasteiger partial charge in [0.1, 0.15) is 5.82 Å². The van der Waals surface area contributed by atoms with Crippen LogP contribution in [0.3, 0.4) is 0 Å². The first kappa shape index (κ1) is 26.9. The fourth-order valence-electron chi connectivity index (χ4n) is 5.36. The summed E-state index contributed by atoms with van der Waals surface area (Å²) in [5.41, 5.74) is 2.51. The molecule has 0 bridgehead atoms. The summed E-state index contributed by atoms with van der Waals surface area (Å²) in [6, 6.07) is 14.9. The minimum Gasteiger partial charge on any atom is -0.369 e. The number of halogens is 1. The van der Waals surface area contributed by atoms with Crippen molar-refractivity contribution < 1.29 is 18.8 Å². The molecule has 9 heteroatoms. The molecule has 1 aliphatic heterocycles. The Hall–Kier alpha value is -3.72. The molecule has 204 valence electrons. The quantitative estimate of drug-likeness (QED) is 0.420. The molecule has 2 aromatic carbocycles. The minimum atomic E-state index is -0.330. The molecule has 2 heterocycles. The van der Waals surface area contributed by atoms with Crippen molar-refractivity contribution >= 4 is 40.4 Å². The molecule has 1 saturated heterocycles. The van der Waals surface area contributed by atoms with Crippen LogP contribution in [0.4, 0.5) is 15.8 Å². The molecule has 2 fully saturated rings. The lowest BCUT2D eigenvalue weighted by Gasteiger charge is -2.27. The van der Waals surface area contributed by atoms with Crippen molar-refractivity contribution in [3.8, 4) is 0 Å². The van der Waals surface area contributed by atoms with Crippen molar-refractivity contribution in [2.24, 2.45) is 5.92 Å². The molecule has 7 nitrogen and oxygen atoms in total. The van der Waals surface area contributed by atoms with E-state index in [1.165, 1.54) is 23.5 Å². The minimum absolute atomic E-state index is 0.149. The Labute approximate surface area is 232 Å². The lowest BCUT2D eigenvalue weighted by atomic mass is 10.1. The van der Waals surface area contributed by atoms with Gasteiger partial charge in [-0.2, -0.15) is 0 Å². The maximum atomic E-state index is 13.5. The average Bonchev–Trinajstić information content (AvgIpc) is 3.64. The first-order chi connectivity index (χ1) is 19.0. The molecule has 5 rings (SSSR count). The van der Waals surface area contributed by atoms with Crippen molar-refractivity contribution in [1.29, 1.82) is 0 Å². The van der Waals surface area contributed by atoms with E-state index in [-0.39, 0.29) is 36.0 Å². The van der Waals surface area contributed by atoms with Crippen LogP contribution >= 0.6 is 11.3 Å². The van der Waals surface area contributed by atoms with Crippen LogP contribution < -0.4 is 15.5 Å². The topological polar surface area (TPSA) is 81.8 Å². The summed E-state index contributed by atoms with van der Waals surface area (Å²) in [7, 11) is 0. The van der Waals surface area contributed by atoms with E-state index in [2.05, 4.69) is 15.5 Å². The first-order valence-corrected chi connectivity index (χ1v) is 14.4. The van der Waals surface area contributed by atoms with Gasteiger partial charge in [0.2, 0.25) is 5.91 Å². The molecule has 2 N–H and O–H groups in total. The van der Waals surface area contributed by atoms with Gasteiger partial charge in [0.25, 0.3) is 11.8 Å².